The van der Waals surface area contributed by atoms with E-state index >= 15 is 0 Å². The molecule has 9 nitrogen and oxygen atoms in total. The van der Waals surface area contributed by atoms with E-state index in [0.29, 0.717) is 40.4 Å². The molecule has 170 valence electrons. The molecule has 2 aromatic carbocycles. The molecule has 1 N–H and O–H groups in total. The molecule has 4 rings (SSSR count). The first-order chi connectivity index (χ1) is 16.1. The van der Waals surface area contributed by atoms with Gasteiger partial charge in [-0.25, -0.2) is 0 Å². The highest BCUT2D eigenvalue weighted by atomic mass is 35.5. The first-order valence-corrected chi connectivity index (χ1v) is 10.5. The summed E-state index contributed by atoms with van der Waals surface area (Å²) in [7, 11) is 3.15. The molecular formula is C23H22ClN5O4. The molecule has 4 aromatic rings. The second kappa shape index (κ2) is 10.2. The van der Waals surface area contributed by atoms with Crippen LogP contribution >= 0.6 is 11.6 Å². The summed E-state index contributed by atoms with van der Waals surface area (Å²) < 4.78 is 18.0. The molecule has 0 aliphatic carbocycles. The van der Waals surface area contributed by atoms with Crippen molar-refractivity contribution in [1.82, 2.24) is 25.1 Å². The maximum Gasteiger partial charge on any atom is 0.231 e. The Hall–Kier alpha value is -3.85. The Morgan fingerprint density at radius 2 is 1.79 bits per heavy atom. The molecule has 1 amide bonds. The second-order valence-electron chi connectivity index (χ2n) is 7.04. The Labute approximate surface area is 195 Å². The topological polar surface area (TPSA) is 99.9 Å². The van der Waals surface area contributed by atoms with Crippen molar-refractivity contribution < 1.29 is 19.0 Å². The third-order valence-corrected chi connectivity index (χ3v) is 5.08. The monoisotopic (exact) mass is 467 g/mol. The molecule has 0 bridgehead atoms. The van der Waals surface area contributed by atoms with Crippen molar-refractivity contribution in [3.05, 3.63) is 65.2 Å². The zero-order valence-electron chi connectivity index (χ0n) is 18.1. The summed E-state index contributed by atoms with van der Waals surface area (Å²) in [6, 6.07) is 16.1. The van der Waals surface area contributed by atoms with Gasteiger partial charge in [0.15, 0.2) is 23.0 Å². The van der Waals surface area contributed by atoms with Gasteiger partial charge in [0.1, 0.15) is 6.61 Å². The molecular weight excluding hydrogens is 446 g/mol. The van der Waals surface area contributed by atoms with E-state index in [-0.39, 0.29) is 18.9 Å². The minimum absolute atomic E-state index is 0.0983. The summed E-state index contributed by atoms with van der Waals surface area (Å²) in [5.74, 6) is 2.01. The van der Waals surface area contributed by atoms with Crippen molar-refractivity contribution in [1.29, 1.82) is 0 Å². The number of fused-ring (bicyclic) bond motifs is 1. The predicted octanol–water partition coefficient (Wildman–Crippen LogP) is 3.20. The van der Waals surface area contributed by atoms with Gasteiger partial charge in [-0.3, -0.25) is 4.79 Å². The Morgan fingerprint density at radius 1 is 1.00 bits per heavy atom. The summed E-state index contributed by atoms with van der Waals surface area (Å²) in [6.45, 7) is 0.607. The minimum atomic E-state index is -0.0983. The van der Waals surface area contributed by atoms with Crippen LogP contribution in [0.2, 0.25) is 5.02 Å². The number of ether oxygens (including phenoxy) is 3. The Bertz CT molecular complexity index is 1260. The lowest BCUT2D eigenvalue weighted by Crippen LogP contribution is -2.29. The van der Waals surface area contributed by atoms with Crippen LogP contribution in [0.25, 0.3) is 17.0 Å². The van der Waals surface area contributed by atoms with Gasteiger partial charge in [0, 0.05) is 16.7 Å². The van der Waals surface area contributed by atoms with E-state index in [1.807, 2.05) is 18.2 Å². The van der Waals surface area contributed by atoms with Crippen LogP contribution in [0.1, 0.15) is 5.56 Å². The van der Waals surface area contributed by atoms with E-state index < -0.39 is 0 Å². The third-order valence-electron chi connectivity index (χ3n) is 4.83. The van der Waals surface area contributed by atoms with Crippen molar-refractivity contribution in [2.45, 2.75) is 6.42 Å². The average molecular weight is 468 g/mol. The van der Waals surface area contributed by atoms with Crippen LogP contribution in [0.4, 0.5) is 0 Å². The van der Waals surface area contributed by atoms with Gasteiger partial charge in [0.05, 0.1) is 27.2 Å². The highest BCUT2D eigenvalue weighted by Gasteiger charge is 2.13. The van der Waals surface area contributed by atoms with E-state index in [0.717, 1.165) is 11.1 Å². The number of carbonyl (C=O) groups is 1. The number of nitrogens with one attached hydrogen (secondary N) is 1. The number of aromatic nitrogens is 4. The average Bonchev–Trinajstić information content (AvgIpc) is 3.26. The zero-order valence-corrected chi connectivity index (χ0v) is 18.9. The fourth-order valence-electron chi connectivity index (χ4n) is 3.20. The van der Waals surface area contributed by atoms with Crippen molar-refractivity contribution in [3.8, 4) is 28.8 Å². The largest absolute Gasteiger partial charge is 0.493 e. The number of hydrogen-bond donors (Lipinski definition) is 1. The molecule has 0 saturated heterocycles. The standard InChI is InChI=1S/C23H22ClN5O4/c1-31-18-8-5-16(14-19(18)32-2)23-27-26-20-9-10-22(28-29(20)23)33-12-11-25-21(30)13-15-3-6-17(24)7-4-15/h3-10,14H,11-13H2,1-2H3,(H,25,30). The summed E-state index contributed by atoms with van der Waals surface area (Å²) in [5, 5.41) is 16.3. The van der Waals surface area contributed by atoms with Gasteiger partial charge in [-0.2, -0.15) is 4.52 Å². The molecule has 33 heavy (non-hydrogen) atoms. The Balaban J connectivity index is 1.38. The lowest BCUT2D eigenvalue weighted by molar-refractivity contribution is -0.120. The lowest BCUT2D eigenvalue weighted by Gasteiger charge is -2.09. The fourth-order valence-corrected chi connectivity index (χ4v) is 3.33. The van der Waals surface area contributed by atoms with Crippen LogP contribution in [-0.2, 0) is 11.2 Å². The van der Waals surface area contributed by atoms with Gasteiger partial charge < -0.3 is 19.5 Å². The molecule has 2 aromatic heterocycles. The van der Waals surface area contributed by atoms with Crippen molar-refractivity contribution in [2.24, 2.45) is 0 Å². The summed E-state index contributed by atoms with van der Waals surface area (Å²) in [4.78, 5) is 12.1. The van der Waals surface area contributed by atoms with E-state index in [4.69, 9.17) is 25.8 Å². The first-order valence-electron chi connectivity index (χ1n) is 10.2. The molecule has 0 saturated carbocycles. The van der Waals surface area contributed by atoms with Gasteiger partial charge in [0.25, 0.3) is 0 Å². The smallest absolute Gasteiger partial charge is 0.231 e. The quantitative estimate of drug-likeness (QED) is 0.377. The summed E-state index contributed by atoms with van der Waals surface area (Å²) in [6.07, 6.45) is 0.275. The van der Waals surface area contributed by atoms with Crippen molar-refractivity contribution in [3.63, 3.8) is 0 Å². The highest BCUT2D eigenvalue weighted by Crippen LogP contribution is 2.31. The highest BCUT2D eigenvalue weighted by molar-refractivity contribution is 6.30. The van der Waals surface area contributed by atoms with Gasteiger partial charge in [-0.05, 0) is 42.0 Å². The van der Waals surface area contributed by atoms with Gasteiger partial charge in [-0.15, -0.1) is 15.3 Å². The maximum atomic E-state index is 12.1. The van der Waals surface area contributed by atoms with Crippen LogP contribution in [0.5, 0.6) is 17.4 Å². The van der Waals surface area contributed by atoms with Crippen LogP contribution in [0.3, 0.4) is 0 Å². The van der Waals surface area contributed by atoms with Crippen LogP contribution in [0.15, 0.2) is 54.6 Å². The molecule has 0 atom stereocenters. The Kier molecular flexibility index (Phi) is 6.89. The molecule has 0 aliphatic heterocycles. The lowest BCUT2D eigenvalue weighted by atomic mass is 10.1. The maximum absolute atomic E-state index is 12.1. The van der Waals surface area contributed by atoms with Gasteiger partial charge in [-0.1, -0.05) is 23.7 Å². The van der Waals surface area contributed by atoms with Crippen LogP contribution in [0, 0.1) is 0 Å². The predicted molar refractivity (Wildman–Crippen MR) is 123 cm³/mol. The van der Waals surface area contributed by atoms with E-state index in [9.17, 15) is 4.79 Å². The van der Waals surface area contributed by atoms with Gasteiger partial charge >= 0.3 is 0 Å². The SMILES string of the molecule is COc1ccc(-c2nnc3ccc(OCCNC(=O)Cc4ccc(Cl)cc4)nn23)cc1OC. The van der Waals surface area contributed by atoms with E-state index in [1.165, 1.54) is 0 Å². The number of amides is 1. The molecule has 0 fully saturated rings. The van der Waals surface area contributed by atoms with E-state index in [1.54, 1.807) is 55.1 Å². The Morgan fingerprint density at radius 3 is 2.55 bits per heavy atom. The van der Waals surface area contributed by atoms with Crippen molar-refractivity contribution >= 4 is 23.2 Å². The number of benzene rings is 2. The van der Waals surface area contributed by atoms with Gasteiger partial charge in [0.2, 0.25) is 11.8 Å². The first kappa shape index (κ1) is 22.3. The minimum Gasteiger partial charge on any atom is -0.493 e. The number of methoxy groups -OCH3 is 2. The molecule has 0 unspecified atom stereocenters. The molecule has 0 aliphatic rings. The molecule has 0 radical (unpaired) electrons. The molecule has 0 spiro atoms. The number of nitrogens with zero attached hydrogens (tertiary/aromatic N) is 4. The van der Waals surface area contributed by atoms with Crippen LogP contribution < -0.4 is 19.5 Å². The summed E-state index contributed by atoms with van der Waals surface area (Å²) >= 11 is 5.87. The molecule has 2 heterocycles. The third kappa shape index (κ3) is 5.32. The zero-order chi connectivity index (χ0) is 23.2. The van der Waals surface area contributed by atoms with Crippen molar-refractivity contribution in [2.75, 3.05) is 27.4 Å². The second-order valence-corrected chi connectivity index (χ2v) is 7.47. The number of hydrogen-bond acceptors (Lipinski definition) is 7. The van der Waals surface area contributed by atoms with Crippen LogP contribution in [-0.4, -0.2) is 53.1 Å². The number of carbonyl (C=O) groups excluding carboxylic acids is 1. The van der Waals surface area contributed by atoms with E-state index in [2.05, 4.69) is 20.6 Å². The number of rotatable bonds is 9. The molecule has 10 heteroatoms. The summed E-state index contributed by atoms with van der Waals surface area (Å²) in [5.41, 5.74) is 2.22. The fraction of sp³-hybridized carbons (Fsp3) is 0.217. The number of halogens is 1. The normalized spacial score (nSPS) is 10.8.